The predicted octanol–water partition coefficient (Wildman–Crippen LogP) is 2.92. The van der Waals surface area contributed by atoms with Gasteiger partial charge in [0.15, 0.2) is 0 Å². The van der Waals surface area contributed by atoms with Gasteiger partial charge in [0.25, 0.3) is 5.56 Å². The van der Waals surface area contributed by atoms with Crippen LogP contribution in [0.3, 0.4) is 0 Å². The molecule has 1 fully saturated rings. The summed E-state index contributed by atoms with van der Waals surface area (Å²) in [5.74, 6) is 0.430. The number of hydrogen-bond acceptors (Lipinski definition) is 2. The van der Waals surface area contributed by atoms with E-state index in [2.05, 4.69) is 4.98 Å². The number of nitrogens with zero attached hydrogens (tertiary/aromatic N) is 1. The van der Waals surface area contributed by atoms with Crippen molar-refractivity contribution in [3.8, 4) is 0 Å². The van der Waals surface area contributed by atoms with E-state index in [1.165, 1.54) is 23.8 Å². The minimum Gasteiger partial charge on any atom is -0.307 e. The number of aromatic amines is 1. The summed E-state index contributed by atoms with van der Waals surface area (Å²) < 4.78 is 1.33. The van der Waals surface area contributed by atoms with Gasteiger partial charge in [0.05, 0.1) is 10.9 Å². The van der Waals surface area contributed by atoms with E-state index in [1.54, 1.807) is 18.2 Å². The van der Waals surface area contributed by atoms with E-state index in [-0.39, 0.29) is 11.2 Å². The first-order valence-electron chi connectivity index (χ1n) is 7.07. The Balaban J connectivity index is 2.05. The first-order chi connectivity index (χ1) is 9.65. The summed E-state index contributed by atoms with van der Waals surface area (Å²) in [5, 5.41) is 0.985. The second kappa shape index (κ2) is 5.44. The summed E-state index contributed by atoms with van der Waals surface area (Å²) >= 11 is 5.93. The molecule has 0 amide bonds. The third-order valence-electron chi connectivity index (χ3n) is 4.11. The van der Waals surface area contributed by atoms with Crippen LogP contribution in [-0.4, -0.2) is 9.55 Å². The van der Waals surface area contributed by atoms with E-state index in [1.807, 2.05) is 0 Å². The number of fused-ring (bicyclic) bond motifs is 1. The van der Waals surface area contributed by atoms with Crippen molar-refractivity contribution in [1.29, 1.82) is 0 Å². The van der Waals surface area contributed by atoms with Crippen LogP contribution in [0.1, 0.15) is 32.1 Å². The number of H-pyrrole nitrogens is 1. The summed E-state index contributed by atoms with van der Waals surface area (Å²) in [5.41, 5.74) is -0.0171. The lowest BCUT2D eigenvalue weighted by Gasteiger charge is -2.21. The first-order valence-corrected chi connectivity index (χ1v) is 7.45. The van der Waals surface area contributed by atoms with Gasteiger partial charge in [-0.25, -0.2) is 4.79 Å². The Labute approximate surface area is 121 Å². The molecule has 1 aliphatic carbocycles. The van der Waals surface area contributed by atoms with E-state index < -0.39 is 0 Å². The molecule has 0 aliphatic heterocycles. The van der Waals surface area contributed by atoms with Gasteiger partial charge in [-0.2, -0.15) is 0 Å². The molecule has 3 rings (SSSR count). The Morgan fingerprint density at radius 3 is 2.70 bits per heavy atom. The molecule has 0 spiro atoms. The number of halogens is 1. The summed E-state index contributed by atoms with van der Waals surface area (Å²) in [6.45, 7) is 0.511. The summed E-state index contributed by atoms with van der Waals surface area (Å²) in [6, 6.07) is 4.96. The monoisotopic (exact) mass is 292 g/mol. The van der Waals surface area contributed by atoms with E-state index in [4.69, 9.17) is 11.6 Å². The van der Waals surface area contributed by atoms with Crippen molar-refractivity contribution in [2.24, 2.45) is 5.92 Å². The maximum atomic E-state index is 12.5. The molecule has 0 saturated heterocycles. The van der Waals surface area contributed by atoms with Crippen molar-refractivity contribution in [2.45, 2.75) is 38.6 Å². The molecule has 1 aliphatic rings. The predicted molar refractivity (Wildman–Crippen MR) is 80.4 cm³/mol. The molecule has 0 unspecified atom stereocenters. The van der Waals surface area contributed by atoms with Gasteiger partial charge < -0.3 is 4.98 Å². The number of rotatable bonds is 2. The molecule has 0 radical (unpaired) electrons. The third-order valence-corrected chi connectivity index (χ3v) is 4.34. The maximum absolute atomic E-state index is 12.5. The molecule has 0 atom stereocenters. The molecule has 1 aromatic carbocycles. The summed E-state index contributed by atoms with van der Waals surface area (Å²) in [4.78, 5) is 27.3. The van der Waals surface area contributed by atoms with Crippen LogP contribution in [0.5, 0.6) is 0 Å². The lowest BCUT2D eigenvalue weighted by Crippen LogP contribution is -2.37. The highest BCUT2D eigenvalue weighted by Crippen LogP contribution is 2.24. The second-order valence-corrected chi connectivity index (χ2v) is 5.98. The highest BCUT2D eigenvalue weighted by Gasteiger charge is 2.17. The van der Waals surface area contributed by atoms with E-state index in [0.29, 0.717) is 28.4 Å². The largest absolute Gasteiger partial charge is 0.328 e. The van der Waals surface area contributed by atoms with Gasteiger partial charge in [-0.05, 0) is 37.0 Å². The number of benzene rings is 1. The molecule has 0 bridgehead atoms. The highest BCUT2D eigenvalue weighted by atomic mass is 35.5. The van der Waals surface area contributed by atoms with Crippen LogP contribution >= 0.6 is 11.6 Å². The number of aromatic nitrogens is 2. The first kappa shape index (κ1) is 13.4. The highest BCUT2D eigenvalue weighted by molar-refractivity contribution is 6.31. The van der Waals surface area contributed by atoms with E-state index in [0.717, 1.165) is 12.8 Å². The molecule has 20 heavy (non-hydrogen) atoms. The van der Waals surface area contributed by atoms with E-state index >= 15 is 0 Å². The minimum atomic E-state index is -0.324. The minimum absolute atomic E-state index is 0.239. The van der Waals surface area contributed by atoms with Crippen LogP contribution in [0.2, 0.25) is 5.02 Å². The van der Waals surface area contributed by atoms with Crippen molar-refractivity contribution in [1.82, 2.24) is 9.55 Å². The summed E-state index contributed by atoms with van der Waals surface area (Å²) in [7, 11) is 0. The van der Waals surface area contributed by atoms with Gasteiger partial charge in [-0.1, -0.05) is 30.9 Å². The average molecular weight is 293 g/mol. The molecule has 1 heterocycles. The van der Waals surface area contributed by atoms with Gasteiger partial charge in [-0.15, -0.1) is 0 Å². The van der Waals surface area contributed by atoms with Crippen LogP contribution in [0.25, 0.3) is 10.9 Å². The fraction of sp³-hybridized carbons (Fsp3) is 0.467. The quantitative estimate of drug-likeness (QED) is 0.925. The standard InChI is InChI=1S/C15H17ClN2O2/c16-11-6-7-13-12(8-11)14(19)18(15(20)17-13)9-10-4-2-1-3-5-10/h6-8,10H,1-5,9H2,(H,17,20). The third kappa shape index (κ3) is 2.52. The van der Waals surface area contributed by atoms with Crippen LogP contribution < -0.4 is 11.2 Å². The lowest BCUT2D eigenvalue weighted by molar-refractivity contribution is 0.312. The van der Waals surface area contributed by atoms with Crippen LogP contribution in [0.15, 0.2) is 27.8 Å². The van der Waals surface area contributed by atoms with E-state index in [9.17, 15) is 9.59 Å². The van der Waals surface area contributed by atoms with Crippen LogP contribution in [0, 0.1) is 5.92 Å². The number of nitrogens with one attached hydrogen (secondary N) is 1. The molecule has 1 aromatic heterocycles. The van der Waals surface area contributed by atoms with Gasteiger partial charge in [0.1, 0.15) is 0 Å². The lowest BCUT2D eigenvalue weighted by atomic mass is 9.89. The average Bonchev–Trinajstić information content (AvgIpc) is 2.46. The van der Waals surface area contributed by atoms with Crippen LogP contribution in [0.4, 0.5) is 0 Å². The molecule has 1 saturated carbocycles. The molecule has 5 heteroatoms. The van der Waals surface area contributed by atoms with Crippen molar-refractivity contribution >= 4 is 22.5 Å². The topological polar surface area (TPSA) is 54.9 Å². The smallest absolute Gasteiger partial charge is 0.307 e. The molecule has 2 aromatic rings. The normalized spacial score (nSPS) is 16.6. The Bertz CT molecular complexity index is 742. The van der Waals surface area contributed by atoms with Gasteiger partial charge >= 0.3 is 5.69 Å². The molecule has 1 N–H and O–H groups in total. The molecule has 106 valence electrons. The zero-order valence-corrected chi connectivity index (χ0v) is 11.9. The number of hydrogen-bond donors (Lipinski definition) is 1. The van der Waals surface area contributed by atoms with Crippen molar-refractivity contribution in [3.63, 3.8) is 0 Å². The van der Waals surface area contributed by atoms with Gasteiger partial charge in [0, 0.05) is 11.6 Å². The maximum Gasteiger partial charge on any atom is 0.328 e. The zero-order valence-electron chi connectivity index (χ0n) is 11.2. The fourth-order valence-electron chi connectivity index (χ4n) is 3.02. The molecular formula is C15H17ClN2O2. The van der Waals surface area contributed by atoms with Gasteiger partial charge in [-0.3, -0.25) is 9.36 Å². The van der Waals surface area contributed by atoms with Crippen LogP contribution in [-0.2, 0) is 6.54 Å². The Morgan fingerprint density at radius 2 is 1.95 bits per heavy atom. The van der Waals surface area contributed by atoms with Crippen molar-refractivity contribution < 1.29 is 0 Å². The SMILES string of the molecule is O=c1[nH]c2ccc(Cl)cc2c(=O)n1CC1CCCCC1. The Morgan fingerprint density at radius 1 is 1.20 bits per heavy atom. The summed E-state index contributed by atoms with van der Waals surface area (Å²) in [6.07, 6.45) is 5.83. The Kier molecular flexibility index (Phi) is 3.66. The zero-order chi connectivity index (χ0) is 14.1. The fourth-order valence-corrected chi connectivity index (χ4v) is 3.19. The second-order valence-electron chi connectivity index (χ2n) is 5.54. The van der Waals surface area contributed by atoms with Crippen molar-refractivity contribution in [3.05, 3.63) is 44.1 Å². The Hall–Kier alpha value is -1.55. The van der Waals surface area contributed by atoms with Crippen molar-refractivity contribution in [2.75, 3.05) is 0 Å². The van der Waals surface area contributed by atoms with Gasteiger partial charge in [0.2, 0.25) is 0 Å². The molecule has 4 nitrogen and oxygen atoms in total. The molecular weight excluding hydrogens is 276 g/mol.